The fourth-order valence-electron chi connectivity index (χ4n) is 3.98. The number of amides is 1. The Morgan fingerprint density at radius 3 is 2.52 bits per heavy atom. The molecule has 160 valence electrons. The molecule has 0 radical (unpaired) electrons. The molecule has 2 aromatic heterocycles. The number of carbonyl (C=O) groups is 2. The fourth-order valence-corrected chi connectivity index (χ4v) is 3.98. The average molecular weight is 421 g/mol. The molecule has 1 aliphatic heterocycles. The van der Waals surface area contributed by atoms with E-state index in [1.165, 1.54) is 24.1 Å². The number of hydrogen-bond acceptors (Lipinski definition) is 6. The molecule has 1 aliphatic rings. The van der Waals surface area contributed by atoms with E-state index in [9.17, 15) is 19.8 Å². The molecule has 4 rings (SSSR count). The van der Waals surface area contributed by atoms with Crippen LogP contribution >= 0.6 is 0 Å². The van der Waals surface area contributed by atoms with Gasteiger partial charge in [-0.25, -0.2) is 4.98 Å². The first-order chi connectivity index (χ1) is 14.8. The van der Waals surface area contributed by atoms with Gasteiger partial charge in [0, 0.05) is 19.9 Å². The third-order valence-electron chi connectivity index (χ3n) is 5.59. The highest BCUT2D eigenvalue weighted by Gasteiger charge is 2.46. The maximum absolute atomic E-state index is 13.0. The second-order valence-corrected chi connectivity index (χ2v) is 7.51. The summed E-state index contributed by atoms with van der Waals surface area (Å²) in [5, 5.41) is 20.9. The summed E-state index contributed by atoms with van der Waals surface area (Å²) in [7, 11) is 1.51. The molecule has 1 atom stereocenters. The monoisotopic (exact) mass is 421 g/mol. The van der Waals surface area contributed by atoms with E-state index in [1.807, 2.05) is 29.7 Å². The zero-order valence-electron chi connectivity index (χ0n) is 17.5. The number of phenolic OH excluding ortho intramolecular Hbond substituents is 1. The Labute approximate surface area is 179 Å². The number of aliphatic hydroxyl groups is 1. The van der Waals surface area contributed by atoms with Crippen molar-refractivity contribution in [2.75, 3.05) is 20.3 Å². The molecule has 0 aliphatic carbocycles. The Morgan fingerprint density at radius 2 is 1.87 bits per heavy atom. The zero-order chi connectivity index (χ0) is 22.3. The molecular weight excluding hydrogens is 398 g/mol. The number of aliphatic hydroxyl groups excluding tert-OH is 1. The van der Waals surface area contributed by atoms with Crippen molar-refractivity contribution in [3.63, 3.8) is 0 Å². The van der Waals surface area contributed by atoms with Crippen LogP contribution in [0.5, 0.6) is 5.75 Å². The topological polar surface area (TPSA) is 104 Å². The van der Waals surface area contributed by atoms with Gasteiger partial charge in [0.05, 0.1) is 23.9 Å². The largest absolute Gasteiger partial charge is 0.508 e. The standard InChI is InChI=1S/C23H23N3O5/c1-13-5-4-10-25-14(2)18(24-22(13)25)20(28)17-19(15-6-8-16(27)9-7-15)26(11-12-31-3)23(30)21(17)29/h4-10,19,27-28H,11-12H2,1-3H3. The molecule has 1 unspecified atom stereocenters. The second-order valence-electron chi connectivity index (χ2n) is 7.51. The number of ketones is 1. The highest BCUT2D eigenvalue weighted by atomic mass is 16.5. The number of Topliss-reactive ketones (excluding diaryl/α,β-unsaturated/α-hetero) is 1. The molecule has 1 aromatic carbocycles. The van der Waals surface area contributed by atoms with Crippen LogP contribution < -0.4 is 0 Å². The SMILES string of the molecule is COCCN1C(=O)C(=O)C(=C(O)c2nc3c(C)cccn3c2C)C1c1ccc(O)cc1. The van der Waals surface area contributed by atoms with Gasteiger partial charge in [-0.05, 0) is 43.2 Å². The quantitative estimate of drug-likeness (QED) is 0.373. The number of likely N-dealkylation sites (tertiary alicyclic amines) is 1. The summed E-state index contributed by atoms with van der Waals surface area (Å²) < 4.78 is 6.94. The van der Waals surface area contributed by atoms with Crippen molar-refractivity contribution in [1.82, 2.24) is 14.3 Å². The summed E-state index contributed by atoms with van der Waals surface area (Å²) in [5.41, 5.74) is 3.05. The van der Waals surface area contributed by atoms with Gasteiger partial charge in [-0.1, -0.05) is 18.2 Å². The van der Waals surface area contributed by atoms with Crippen LogP contribution in [-0.4, -0.2) is 56.4 Å². The first-order valence-corrected chi connectivity index (χ1v) is 9.86. The highest BCUT2D eigenvalue weighted by molar-refractivity contribution is 6.46. The molecule has 0 bridgehead atoms. The molecule has 2 N–H and O–H groups in total. The number of benzene rings is 1. The first kappa shape index (κ1) is 20.6. The van der Waals surface area contributed by atoms with Crippen LogP contribution in [0, 0.1) is 13.8 Å². The Bertz CT molecular complexity index is 1210. The number of pyridine rings is 1. The molecule has 1 saturated heterocycles. The number of hydrogen-bond donors (Lipinski definition) is 2. The van der Waals surface area contributed by atoms with Crippen molar-refractivity contribution in [1.29, 1.82) is 0 Å². The van der Waals surface area contributed by atoms with Gasteiger partial charge in [-0.2, -0.15) is 0 Å². The van der Waals surface area contributed by atoms with Gasteiger partial charge in [-0.15, -0.1) is 0 Å². The number of aromatic hydroxyl groups is 1. The molecule has 1 amide bonds. The van der Waals surface area contributed by atoms with Gasteiger partial charge in [-0.3, -0.25) is 9.59 Å². The number of nitrogens with zero attached hydrogens (tertiary/aromatic N) is 3. The lowest BCUT2D eigenvalue weighted by Gasteiger charge is -2.24. The second kappa shape index (κ2) is 7.88. The van der Waals surface area contributed by atoms with E-state index in [4.69, 9.17) is 4.74 Å². The lowest BCUT2D eigenvalue weighted by Crippen LogP contribution is -2.32. The molecule has 3 aromatic rings. The first-order valence-electron chi connectivity index (χ1n) is 9.86. The van der Waals surface area contributed by atoms with Crippen molar-refractivity contribution < 1.29 is 24.5 Å². The van der Waals surface area contributed by atoms with Crippen LogP contribution in [0.2, 0.25) is 0 Å². The van der Waals surface area contributed by atoms with Gasteiger partial charge in [0.2, 0.25) is 0 Å². The molecule has 3 heterocycles. The van der Waals surface area contributed by atoms with Crippen LogP contribution in [0.25, 0.3) is 11.4 Å². The van der Waals surface area contributed by atoms with Crippen LogP contribution in [-0.2, 0) is 14.3 Å². The lowest BCUT2D eigenvalue weighted by molar-refractivity contribution is -0.140. The number of carbonyl (C=O) groups excluding carboxylic acids is 2. The summed E-state index contributed by atoms with van der Waals surface area (Å²) in [6, 6.07) is 9.17. The van der Waals surface area contributed by atoms with Gasteiger partial charge in [0.15, 0.2) is 5.76 Å². The predicted molar refractivity (Wildman–Crippen MR) is 114 cm³/mol. The van der Waals surface area contributed by atoms with E-state index in [1.54, 1.807) is 19.1 Å². The Kier molecular flexibility index (Phi) is 5.24. The number of imidazole rings is 1. The number of fused-ring (bicyclic) bond motifs is 1. The van der Waals surface area contributed by atoms with Gasteiger partial charge in [0.25, 0.3) is 11.7 Å². The maximum Gasteiger partial charge on any atom is 0.295 e. The van der Waals surface area contributed by atoms with Crippen molar-refractivity contribution in [3.8, 4) is 5.75 Å². The van der Waals surface area contributed by atoms with Crippen molar-refractivity contribution >= 4 is 23.1 Å². The number of methoxy groups -OCH3 is 1. The van der Waals surface area contributed by atoms with Crippen molar-refractivity contribution in [2.45, 2.75) is 19.9 Å². The number of rotatable bonds is 5. The molecule has 8 nitrogen and oxygen atoms in total. The van der Waals surface area contributed by atoms with Gasteiger partial charge in [0.1, 0.15) is 17.1 Å². The molecule has 8 heteroatoms. The maximum atomic E-state index is 13.0. The Balaban J connectivity index is 1.93. The minimum atomic E-state index is -0.818. The van der Waals surface area contributed by atoms with E-state index in [0.29, 0.717) is 16.9 Å². The third-order valence-corrected chi connectivity index (χ3v) is 5.59. The minimum Gasteiger partial charge on any atom is -0.508 e. The highest BCUT2D eigenvalue weighted by Crippen LogP contribution is 2.40. The van der Waals surface area contributed by atoms with Gasteiger partial charge < -0.3 is 24.3 Å². The summed E-state index contributed by atoms with van der Waals surface area (Å²) in [6.07, 6.45) is 1.83. The molecule has 0 spiro atoms. The van der Waals surface area contributed by atoms with Crippen LogP contribution in [0.1, 0.15) is 28.6 Å². The van der Waals surface area contributed by atoms with Crippen LogP contribution in [0.15, 0.2) is 48.2 Å². The van der Waals surface area contributed by atoms with E-state index < -0.39 is 17.7 Å². The van der Waals surface area contributed by atoms with E-state index in [0.717, 1.165) is 5.56 Å². The van der Waals surface area contributed by atoms with Crippen molar-refractivity contribution in [3.05, 3.63) is 70.7 Å². The van der Waals surface area contributed by atoms with Crippen LogP contribution in [0.4, 0.5) is 0 Å². The van der Waals surface area contributed by atoms with Crippen molar-refractivity contribution in [2.24, 2.45) is 0 Å². The molecule has 1 fully saturated rings. The summed E-state index contributed by atoms with van der Waals surface area (Å²) in [5.74, 6) is -1.75. The van der Waals surface area contributed by atoms with Gasteiger partial charge >= 0.3 is 0 Å². The normalized spacial score (nSPS) is 18.3. The number of phenols is 1. The molecule has 31 heavy (non-hydrogen) atoms. The number of aryl methyl sites for hydroxylation is 2. The molecular formula is C23H23N3O5. The molecule has 0 saturated carbocycles. The summed E-state index contributed by atoms with van der Waals surface area (Å²) in [6.45, 7) is 4.11. The van der Waals surface area contributed by atoms with Crippen LogP contribution in [0.3, 0.4) is 0 Å². The fraction of sp³-hybridized carbons (Fsp3) is 0.261. The minimum absolute atomic E-state index is 0.0315. The predicted octanol–water partition coefficient (Wildman–Crippen LogP) is 2.72. The van der Waals surface area contributed by atoms with E-state index in [-0.39, 0.29) is 35.9 Å². The van der Waals surface area contributed by atoms with E-state index >= 15 is 0 Å². The zero-order valence-corrected chi connectivity index (χ0v) is 17.5. The number of aromatic nitrogens is 2. The Morgan fingerprint density at radius 1 is 1.16 bits per heavy atom. The summed E-state index contributed by atoms with van der Waals surface area (Å²) in [4.78, 5) is 31.8. The Hall–Kier alpha value is -3.65. The smallest absolute Gasteiger partial charge is 0.295 e. The average Bonchev–Trinajstić information content (AvgIpc) is 3.22. The summed E-state index contributed by atoms with van der Waals surface area (Å²) >= 11 is 0. The lowest BCUT2D eigenvalue weighted by atomic mass is 9.96. The number of ether oxygens (including phenoxy) is 1. The third kappa shape index (κ3) is 3.34. The van der Waals surface area contributed by atoms with E-state index in [2.05, 4.69) is 4.98 Å².